The number of carboxylic acids is 1. The molecule has 1 fully saturated rings. The molecule has 0 spiro atoms. The second kappa shape index (κ2) is 11.0. The number of nitrogens with two attached hydrogens (primary N) is 1. The highest BCUT2D eigenvalue weighted by Gasteiger charge is 2.27. The van der Waals surface area contributed by atoms with Crippen LogP contribution < -0.4 is 10.5 Å². The average molecular weight is 538 g/mol. The number of benzene rings is 3. The molecule has 1 saturated heterocycles. The molecule has 2 aromatic heterocycles. The molecule has 204 valence electrons. The SMILES string of the molecule is Nc1nccc2c(-c3ccc4nn([C@H]5CCN(CCO)C5)c(COc5ccccc5CC(=O)O)c4c3)cccc12. The number of fused-ring (bicyclic) bond motifs is 2. The molecule has 3 aromatic carbocycles. The van der Waals surface area contributed by atoms with Crippen LogP contribution in [0.5, 0.6) is 5.75 Å². The summed E-state index contributed by atoms with van der Waals surface area (Å²) in [5.74, 6) is 0.139. The molecule has 0 bridgehead atoms. The first-order chi connectivity index (χ1) is 19.5. The number of nitrogens with zero attached hydrogens (tertiary/aromatic N) is 4. The predicted octanol–water partition coefficient (Wildman–Crippen LogP) is 4.28. The van der Waals surface area contributed by atoms with Crippen molar-refractivity contribution in [2.75, 3.05) is 32.0 Å². The Balaban J connectivity index is 1.43. The number of anilines is 1. The molecule has 6 rings (SSSR count). The van der Waals surface area contributed by atoms with Gasteiger partial charge >= 0.3 is 5.97 Å². The topological polar surface area (TPSA) is 127 Å². The number of carbonyl (C=O) groups is 1. The number of aromatic nitrogens is 3. The number of aliphatic hydroxyl groups excluding tert-OH is 1. The number of ether oxygens (including phenoxy) is 1. The Morgan fingerprint density at radius 1 is 1.05 bits per heavy atom. The molecule has 0 aliphatic carbocycles. The van der Waals surface area contributed by atoms with Crippen molar-refractivity contribution < 1.29 is 19.7 Å². The number of aliphatic hydroxyl groups is 1. The molecule has 1 aliphatic heterocycles. The van der Waals surface area contributed by atoms with Crippen LogP contribution in [0, 0.1) is 0 Å². The Bertz CT molecular complexity index is 1700. The summed E-state index contributed by atoms with van der Waals surface area (Å²) in [4.78, 5) is 17.9. The number of aliphatic carboxylic acids is 1. The zero-order valence-corrected chi connectivity index (χ0v) is 22.0. The summed E-state index contributed by atoms with van der Waals surface area (Å²) >= 11 is 0. The minimum absolute atomic E-state index is 0.113. The fourth-order valence-electron chi connectivity index (χ4n) is 5.71. The summed E-state index contributed by atoms with van der Waals surface area (Å²) in [5.41, 5.74) is 10.7. The van der Waals surface area contributed by atoms with E-state index in [1.165, 1.54) is 0 Å². The molecular formula is C31H31N5O4. The summed E-state index contributed by atoms with van der Waals surface area (Å²) in [6, 6.07) is 21.7. The monoisotopic (exact) mass is 537 g/mol. The first-order valence-corrected chi connectivity index (χ1v) is 13.4. The number of nitrogen functional groups attached to an aromatic ring is 1. The van der Waals surface area contributed by atoms with Gasteiger partial charge in [-0.15, -0.1) is 0 Å². The van der Waals surface area contributed by atoms with Gasteiger partial charge < -0.3 is 20.7 Å². The highest BCUT2D eigenvalue weighted by Crippen LogP contribution is 2.35. The van der Waals surface area contributed by atoms with E-state index >= 15 is 0 Å². The van der Waals surface area contributed by atoms with E-state index < -0.39 is 5.97 Å². The molecule has 1 aliphatic rings. The number of rotatable bonds is 9. The lowest BCUT2D eigenvalue weighted by molar-refractivity contribution is -0.136. The summed E-state index contributed by atoms with van der Waals surface area (Å²) in [5, 5.41) is 26.7. The van der Waals surface area contributed by atoms with Gasteiger partial charge in [-0.3, -0.25) is 14.4 Å². The van der Waals surface area contributed by atoms with Crippen LogP contribution in [0.1, 0.15) is 23.7 Å². The minimum atomic E-state index is -0.906. The summed E-state index contributed by atoms with van der Waals surface area (Å²) in [6.45, 7) is 2.67. The third-order valence-corrected chi connectivity index (χ3v) is 7.64. The molecule has 4 N–H and O–H groups in total. The van der Waals surface area contributed by atoms with E-state index in [0.29, 0.717) is 23.7 Å². The van der Waals surface area contributed by atoms with Gasteiger partial charge in [-0.1, -0.05) is 42.5 Å². The van der Waals surface area contributed by atoms with Gasteiger partial charge in [0.25, 0.3) is 0 Å². The zero-order chi connectivity index (χ0) is 27.6. The van der Waals surface area contributed by atoms with Crippen molar-refractivity contribution in [3.05, 3.63) is 84.2 Å². The van der Waals surface area contributed by atoms with Gasteiger partial charge in [-0.25, -0.2) is 4.98 Å². The first kappa shape index (κ1) is 25.8. The van der Waals surface area contributed by atoms with Crippen molar-refractivity contribution in [1.82, 2.24) is 19.7 Å². The molecule has 1 atom stereocenters. The number of para-hydroxylation sites is 1. The van der Waals surface area contributed by atoms with Crippen LogP contribution in [0.3, 0.4) is 0 Å². The van der Waals surface area contributed by atoms with Crippen molar-refractivity contribution in [3.63, 3.8) is 0 Å². The lowest BCUT2D eigenvalue weighted by atomic mass is 9.97. The summed E-state index contributed by atoms with van der Waals surface area (Å²) in [7, 11) is 0. The van der Waals surface area contributed by atoms with E-state index in [4.69, 9.17) is 15.6 Å². The molecule has 0 amide bonds. The number of β-amino-alcohol motifs (C(OH)–C–C–N with tert-alkyl or cyclic N) is 1. The third kappa shape index (κ3) is 4.97. The molecule has 0 unspecified atom stereocenters. The lowest BCUT2D eigenvalue weighted by Gasteiger charge is -2.18. The van der Waals surface area contributed by atoms with E-state index in [9.17, 15) is 15.0 Å². The van der Waals surface area contributed by atoms with Crippen LogP contribution in [0.25, 0.3) is 32.8 Å². The molecule has 9 heteroatoms. The van der Waals surface area contributed by atoms with Crippen molar-refractivity contribution in [2.24, 2.45) is 0 Å². The smallest absolute Gasteiger partial charge is 0.307 e. The normalized spacial score (nSPS) is 15.7. The summed E-state index contributed by atoms with van der Waals surface area (Å²) < 4.78 is 8.36. The maximum atomic E-state index is 11.4. The van der Waals surface area contributed by atoms with Gasteiger partial charge in [0.05, 0.1) is 30.3 Å². The van der Waals surface area contributed by atoms with E-state index in [-0.39, 0.29) is 25.7 Å². The second-order valence-corrected chi connectivity index (χ2v) is 10.2. The van der Waals surface area contributed by atoms with Gasteiger partial charge in [0.2, 0.25) is 0 Å². The molecule has 0 radical (unpaired) electrons. The maximum Gasteiger partial charge on any atom is 0.307 e. The number of likely N-dealkylation sites (tertiary alicyclic amines) is 1. The van der Waals surface area contributed by atoms with E-state index in [1.54, 1.807) is 18.3 Å². The van der Waals surface area contributed by atoms with E-state index in [1.807, 2.05) is 36.4 Å². The third-order valence-electron chi connectivity index (χ3n) is 7.64. The van der Waals surface area contributed by atoms with Crippen LogP contribution in [-0.4, -0.2) is 62.1 Å². The van der Waals surface area contributed by atoms with Crippen molar-refractivity contribution >= 4 is 33.5 Å². The van der Waals surface area contributed by atoms with Crippen LogP contribution in [0.15, 0.2) is 72.9 Å². The lowest BCUT2D eigenvalue weighted by Crippen LogP contribution is -2.25. The zero-order valence-electron chi connectivity index (χ0n) is 22.0. The Morgan fingerprint density at radius 2 is 1.93 bits per heavy atom. The van der Waals surface area contributed by atoms with Gasteiger partial charge in [0.1, 0.15) is 18.2 Å². The van der Waals surface area contributed by atoms with Gasteiger partial charge in [0, 0.05) is 42.2 Å². The van der Waals surface area contributed by atoms with E-state index in [0.717, 1.165) is 58.0 Å². The standard InChI is InChI=1S/C31H31N5O4/c32-31-25-6-3-5-23(24(25)10-12-33-31)20-8-9-27-26(16-20)28(36(34-27)22-11-13-35(18-22)14-15-37)19-40-29-7-2-1-4-21(29)17-30(38)39/h1-10,12,16,22,37H,11,13-15,17-19H2,(H2,32,33)(H,38,39)/t22-/m0/s1. The van der Waals surface area contributed by atoms with Gasteiger partial charge in [0.15, 0.2) is 0 Å². The molecular weight excluding hydrogens is 506 g/mol. The number of carboxylic acid groups (broad SMARTS) is 1. The van der Waals surface area contributed by atoms with Crippen molar-refractivity contribution in [1.29, 1.82) is 0 Å². The quantitative estimate of drug-likeness (QED) is 0.254. The molecule has 9 nitrogen and oxygen atoms in total. The number of pyridine rings is 1. The maximum absolute atomic E-state index is 11.4. The first-order valence-electron chi connectivity index (χ1n) is 13.4. The Kier molecular flexibility index (Phi) is 7.06. The largest absolute Gasteiger partial charge is 0.487 e. The van der Waals surface area contributed by atoms with Crippen LogP contribution in [-0.2, 0) is 17.8 Å². The summed E-state index contributed by atoms with van der Waals surface area (Å²) in [6.07, 6.45) is 2.53. The van der Waals surface area contributed by atoms with Gasteiger partial charge in [-0.05, 0) is 47.2 Å². The van der Waals surface area contributed by atoms with Crippen molar-refractivity contribution in [2.45, 2.75) is 25.5 Å². The van der Waals surface area contributed by atoms with E-state index in [2.05, 4.69) is 32.8 Å². The minimum Gasteiger partial charge on any atom is -0.487 e. The molecule has 0 saturated carbocycles. The number of hydrogen-bond donors (Lipinski definition) is 3. The second-order valence-electron chi connectivity index (χ2n) is 10.2. The Morgan fingerprint density at radius 3 is 2.77 bits per heavy atom. The molecule has 5 aromatic rings. The molecule has 3 heterocycles. The number of hydrogen-bond acceptors (Lipinski definition) is 7. The fourth-order valence-corrected chi connectivity index (χ4v) is 5.71. The van der Waals surface area contributed by atoms with Crippen molar-refractivity contribution in [3.8, 4) is 16.9 Å². The Hall–Kier alpha value is -4.47. The van der Waals surface area contributed by atoms with Gasteiger partial charge in [-0.2, -0.15) is 5.10 Å². The highest BCUT2D eigenvalue weighted by atomic mass is 16.5. The molecule has 40 heavy (non-hydrogen) atoms. The predicted molar refractivity (Wildman–Crippen MR) is 154 cm³/mol. The van der Waals surface area contributed by atoms with Crippen LogP contribution >= 0.6 is 0 Å². The fraction of sp³-hybridized carbons (Fsp3) is 0.258. The Labute approximate surface area is 231 Å². The average Bonchev–Trinajstić information content (AvgIpc) is 3.56. The van der Waals surface area contributed by atoms with Crippen LogP contribution in [0.2, 0.25) is 0 Å². The highest BCUT2D eigenvalue weighted by molar-refractivity contribution is 6.02. The van der Waals surface area contributed by atoms with Crippen LogP contribution in [0.4, 0.5) is 5.82 Å².